The van der Waals surface area contributed by atoms with Crippen molar-refractivity contribution in [1.29, 1.82) is 0 Å². The van der Waals surface area contributed by atoms with Crippen molar-refractivity contribution in [3.05, 3.63) is 47.0 Å². The molecular weight excluding hydrogens is 242 g/mol. The lowest BCUT2D eigenvalue weighted by Gasteiger charge is -2.26. The number of allylic oxidation sites excluding steroid dienone is 2. The molecule has 1 aromatic carbocycles. The van der Waals surface area contributed by atoms with E-state index in [-0.39, 0.29) is 0 Å². The van der Waals surface area contributed by atoms with E-state index in [1.807, 2.05) is 12.1 Å². The predicted octanol–water partition coefficient (Wildman–Crippen LogP) is 4.03. The third-order valence-corrected chi connectivity index (χ3v) is 4.77. The van der Waals surface area contributed by atoms with Gasteiger partial charge in [0.25, 0.3) is 0 Å². The van der Waals surface area contributed by atoms with Gasteiger partial charge in [-0.15, -0.1) is 0 Å². The number of nitrogens with one attached hydrogen (secondary N) is 1. The van der Waals surface area contributed by atoms with Crippen LogP contribution in [0.1, 0.15) is 25.3 Å². The fourth-order valence-electron chi connectivity index (χ4n) is 3.43. The molecule has 0 aliphatic heterocycles. The van der Waals surface area contributed by atoms with Crippen molar-refractivity contribution < 1.29 is 0 Å². The number of benzene rings is 1. The highest BCUT2D eigenvalue weighted by atomic mass is 35.5. The predicted molar refractivity (Wildman–Crippen MR) is 76.6 cm³/mol. The van der Waals surface area contributed by atoms with Crippen molar-refractivity contribution in [1.82, 2.24) is 5.32 Å². The highest BCUT2D eigenvalue weighted by molar-refractivity contribution is 6.30. The van der Waals surface area contributed by atoms with Gasteiger partial charge in [-0.3, -0.25) is 0 Å². The summed E-state index contributed by atoms with van der Waals surface area (Å²) in [6.07, 6.45) is 7.60. The van der Waals surface area contributed by atoms with Gasteiger partial charge in [-0.2, -0.15) is 0 Å². The van der Waals surface area contributed by atoms with Gasteiger partial charge >= 0.3 is 0 Å². The van der Waals surface area contributed by atoms with Gasteiger partial charge < -0.3 is 5.32 Å². The smallest absolute Gasteiger partial charge is 0.0406 e. The number of halogens is 1. The zero-order chi connectivity index (χ0) is 12.5. The van der Waals surface area contributed by atoms with Crippen LogP contribution < -0.4 is 5.32 Å². The first kappa shape index (κ1) is 12.3. The summed E-state index contributed by atoms with van der Waals surface area (Å²) in [5, 5.41) is 4.48. The SMILES string of the molecule is CC(NCc1ccc(Cl)cc1)C1CC2C=CC1C2. The van der Waals surface area contributed by atoms with E-state index < -0.39 is 0 Å². The maximum atomic E-state index is 5.89. The summed E-state index contributed by atoms with van der Waals surface area (Å²) in [6, 6.07) is 8.72. The fraction of sp³-hybridized carbons (Fsp3) is 0.500. The Hall–Kier alpha value is -0.790. The molecule has 0 heterocycles. The van der Waals surface area contributed by atoms with Crippen LogP contribution in [-0.4, -0.2) is 6.04 Å². The van der Waals surface area contributed by atoms with E-state index in [2.05, 4.69) is 36.5 Å². The van der Waals surface area contributed by atoms with Crippen LogP contribution in [0, 0.1) is 17.8 Å². The van der Waals surface area contributed by atoms with E-state index in [0.29, 0.717) is 6.04 Å². The van der Waals surface area contributed by atoms with Crippen LogP contribution in [-0.2, 0) is 6.54 Å². The second-order valence-electron chi connectivity index (χ2n) is 5.74. The minimum absolute atomic E-state index is 0.598. The maximum Gasteiger partial charge on any atom is 0.0406 e. The fourth-order valence-corrected chi connectivity index (χ4v) is 3.56. The van der Waals surface area contributed by atoms with Crippen LogP contribution in [0.5, 0.6) is 0 Å². The minimum atomic E-state index is 0.598. The molecule has 1 fully saturated rings. The van der Waals surface area contributed by atoms with Crippen molar-refractivity contribution in [2.75, 3.05) is 0 Å². The van der Waals surface area contributed by atoms with Crippen LogP contribution in [0.3, 0.4) is 0 Å². The van der Waals surface area contributed by atoms with E-state index >= 15 is 0 Å². The van der Waals surface area contributed by atoms with Crippen molar-refractivity contribution in [2.45, 2.75) is 32.4 Å². The first-order valence-corrected chi connectivity index (χ1v) is 7.26. The maximum absolute atomic E-state index is 5.89. The molecule has 2 bridgehead atoms. The van der Waals surface area contributed by atoms with Gasteiger partial charge in [-0.05, 0) is 55.2 Å². The lowest BCUT2D eigenvalue weighted by atomic mass is 9.87. The molecule has 1 N–H and O–H groups in total. The third kappa shape index (κ3) is 2.48. The summed E-state index contributed by atoms with van der Waals surface area (Å²) in [4.78, 5) is 0. The molecule has 3 rings (SSSR count). The molecule has 2 aliphatic rings. The summed E-state index contributed by atoms with van der Waals surface area (Å²) < 4.78 is 0. The molecule has 1 saturated carbocycles. The van der Waals surface area contributed by atoms with E-state index in [4.69, 9.17) is 11.6 Å². The Morgan fingerprint density at radius 1 is 1.22 bits per heavy atom. The van der Waals surface area contributed by atoms with Gasteiger partial charge in [-0.1, -0.05) is 35.9 Å². The van der Waals surface area contributed by atoms with E-state index in [0.717, 1.165) is 29.3 Å². The molecule has 96 valence electrons. The largest absolute Gasteiger partial charge is 0.310 e. The van der Waals surface area contributed by atoms with Gasteiger partial charge in [0.15, 0.2) is 0 Å². The van der Waals surface area contributed by atoms with Gasteiger partial charge in [0.05, 0.1) is 0 Å². The molecule has 1 aromatic rings. The normalized spacial score (nSPS) is 30.9. The Morgan fingerprint density at radius 3 is 2.61 bits per heavy atom. The summed E-state index contributed by atoms with van der Waals surface area (Å²) in [7, 11) is 0. The van der Waals surface area contributed by atoms with Crippen LogP contribution in [0.15, 0.2) is 36.4 Å². The van der Waals surface area contributed by atoms with E-state index in [1.54, 1.807) is 0 Å². The average Bonchev–Trinajstić information content (AvgIpc) is 3.00. The van der Waals surface area contributed by atoms with Crippen LogP contribution in [0.25, 0.3) is 0 Å². The summed E-state index contributed by atoms with van der Waals surface area (Å²) in [5.74, 6) is 2.51. The van der Waals surface area contributed by atoms with E-state index in [9.17, 15) is 0 Å². The molecule has 1 nitrogen and oxygen atoms in total. The van der Waals surface area contributed by atoms with Gasteiger partial charge in [0.2, 0.25) is 0 Å². The molecule has 2 heteroatoms. The lowest BCUT2D eigenvalue weighted by Crippen LogP contribution is -2.35. The van der Waals surface area contributed by atoms with Gasteiger partial charge in [0.1, 0.15) is 0 Å². The number of hydrogen-bond donors (Lipinski definition) is 1. The lowest BCUT2D eigenvalue weighted by molar-refractivity contribution is 0.326. The Balaban J connectivity index is 1.54. The Kier molecular flexibility index (Phi) is 3.45. The third-order valence-electron chi connectivity index (χ3n) is 4.51. The van der Waals surface area contributed by atoms with Crippen molar-refractivity contribution in [3.8, 4) is 0 Å². The Labute approximate surface area is 114 Å². The first-order valence-electron chi connectivity index (χ1n) is 6.88. The molecule has 0 amide bonds. The first-order chi connectivity index (χ1) is 8.72. The van der Waals surface area contributed by atoms with Crippen LogP contribution >= 0.6 is 11.6 Å². The monoisotopic (exact) mass is 261 g/mol. The average molecular weight is 262 g/mol. The highest BCUT2D eigenvalue weighted by Crippen LogP contribution is 2.44. The molecule has 0 saturated heterocycles. The van der Waals surface area contributed by atoms with Gasteiger partial charge in [0, 0.05) is 17.6 Å². The second kappa shape index (κ2) is 5.07. The molecule has 4 atom stereocenters. The zero-order valence-electron chi connectivity index (χ0n) is 10.8. The number of rotatable bonds is 4. The number of hydrogen-bond acceptors (Lipinski definition) is 1. The topological polar surface area (TPSA) is 12.0 Å². The van der Waals surface area contributed by atoms with Crippen LogP contribution in [0.4, 0.5) is 0 Å². The molecule has 0 aromatic heterocycles. The quantitative estimate of drug-likeness (QED) is 0.807. The summed E-state index contributed by atoms with van der Waals surface area (Å²) >= 11 is 5.89. The van der Waals surface area contributed by atoms with Gasteiger partial charge in [-0.25, -0.2) is 0 Å². The zero-order valence-corrected chi connectivity index (χ0v) is 11.5. The molecule has 2 aliphatic carbocycles. The molecule has 0 spiro atoms. The summed E-state index contributed by atoms with van der Waals surface area (Å²) in [6.45, 7) is 3.27. The highest BCUT2D eigenvalue weighted by Gasteiger charge is 2.38. The van der Waals surface area contributed by atoms with Crippen molar-refractivity contribution in [3.63, 3.8) is 0 Å². The Morgan fingerprint density at radius 2 is 2.00 bits per heavy atom. The molecular formula is C16H20ClN. The molecule has 18 heavy (non-hydrogen) atoms. The molecule has 4 unspecified atom stereocenters. The summed E-state index contributed by atoms with van der Waals surface area (Å²) in [5.41, 5.74) is 1.31. The van der Waals surface area contributed by atoms with Crippen molar-refractivity contribution >= 4 is 11.6 Å². The standard InChI is InChI=1S/C16H20ClN/c1-11(16-9-13-2-5-14(16)8-13)18-10-12-3-6-15(17)7-4-12/h2-7,11,13-14,16,18H,8-10H2,1H3. The minimum Gasteiger partial charge on any atom is -0.310 e. The number of fused-ring (bicyclic) bond motifs is 2. The van der Waals surface area contributed by atoms with Crippen molar-refractivity contribution in [2.24, 2.45) is 17.8 Å². The second-order valence-corrected chi connectivity index (χ2v) is 6.18. The van der Waals surface area contributed by atoms with E-state index in [1.165, 1.54) is 18.4 Å². The van der Waals surface area contributed by atoms with Crippen LogP contribution in [0.2, 0.25) is 5.02 Å². The molecule has 0 radical (unpaired) electrons. The Bertz CT molecular complexity index is 437.